The lowest BCUT2D eigenvalue weighted by atomic mass is 9.98. The maximum atomic E-state index is 13.6. The Morgan fingerprint density at radius 2 is 2.07 bits per heavy atom. The quantitative estimate of drug-likeness (QED) is 0.533. The van der Waals surface area contributed by atoms with Crippen LogP contribution in [0.3, 0.4) is 0 Å². The maximum absolute atomic E-state index is 13.6. The number of β-amino-alcohol motifs (C(OH)–C–C–N with tert-alkyl or cyclic N) is 1. The van der Waals surface area contributed by atoms with Crippen molar-refractivity contribution in [3.05, 3.63) is 59.4 Å². The van der Waals surface area contributed by atoms with Gasteiger partial charge in [0.2, 0.25) is 11.8 Å². The van der Waals surface area contributed by atoms with E-state index in [-0.39, 0.29) is 30.6 Å². The molecule has 2 heterocycles. The number of aromatic amines is 1. The third-order valence-corrected chi connectivity index (χ3v) is 5.34. The molecule has 0 radical (unpaired) electrons. The summed E-state index contributed by atoms with van der Waals surface area (Å²) in [6.07, 6.45) is -0.324. The van der Waals surface area contributed by atoms with E-state index in [0.717, 1.165) is 33.3 Å². The number of para-hydroxylation sites is 1. The van der Waals surface area contributed by atoms with Crippen LogP contribution in [-0.2, 0) is 16.0 Å². The van der Waals surface area contributed by atoms with Gasteiger partial charge >= 0.3 is 0 Å². The number of aliphatic hydroxyl groups is 1. The minimum absolute atomic E-state index is 0.139. The molecule has 1 aromatic heterocycles. The molecule has 3 aromatic rings. The molecule has 1 saturated heterocycles. The van der Waals surface area contributed by atoms with Crippen molar-refractivity contribution in [3.8, 4) is 11.3 Å². The minimum atomic E-state index is -0.919. The van der Waals surface area contributed by atoms with Gasteiger partial charge in [0.25, 0.3) is 0 Å². The van der Waals surface area contributed by atoms with Gasteiger partial charge in [-0.25, -0.2) is 4.39 Å². The number of hydrogen-bond acceptors (Lipinski definition) is 3. The Bertz CT molecular complexity index is 1090. The zero-order valence-corrected chi connectivity index (χ0v) is 16.0. The first-order valence-corrected chi connectivity index (χ1v) is 9.55. The van der Waals surface area contributed by atoms with E-state index in [9.17, 15) is 19.1 Å². The summed E-state index contributed by atoms with van der Waals surface area (Å²) in [5.41, 5.74) is 4.43. The maximum Gasteiger partial charge on any atom is 0.245 e. The van der Waals surface area contributed by atoms with Crippen LogP contribution in [0, 0.1) is 12.7 Å². The molecule has 2 amide bonds. The highest BCUT2D eigenvalue weighted by Gasteiger charge is 2.34. The van der Waals surface area contributed by atoms with Gasteiger partial charge in [0.05, 0.1) is 0 Å². The van der Waals surface area contributed by atoms with E-state index in [1.54, 1.807) is 6.07 Å². The largest absolute Gasteiger partial charge is 0.389 e. The molecule has 1 aliphatic rings. The van der Waals surface area contributed by atoms with Crippen LogP contribution < -0.4 is 10.6 Å². The van der Waals surface area contributed by atoms with Crippen LogP contribution in [0.1, 0.15) is 17.5 Å². The summed E-state index contributed by atoms with van der Waals surface area (Å²) in [4.78, 5) is 27.5. The first-order valence-electron chi connectivity index (χ1n) is 9.55. The standard InChI is InChI=1S/C22H22FN3O3/c1-12-10-13(23)6-7-14(12)20-16(15-4-2-3-5-17(15)25-20)8-9-19(28)26-21-18(27)11-24-22(21)29/h2-7,10,18,21,25,27H,8-9,11H2,1H3,(H,24,29)(H,26,28)/t18-,21+/m1/s1. The molecule has 150 valence electrons. The molecule has 29 heavy (non-hydrogen) atoms. The number of hydrogen-bond donors (Lipinski definition) is 4. The number of benzene rings is 2. The van der Waals surface area contributed by atoms with E-state index < -0.39 is 12.1 Å². The Hall–Kier alpha value is -3.19. The van der Waals surface area contributed by atoms with Crippen molar-refractivity contribution in [2.45, 2.75) is 31.9 Å². The Morgan fingerprint density at radius 1 is 1.28 bits per heavy atom. The molecule has 0 aliphatic carbocycles. The average Bonchev–Trinajstić information content (AvgIpc) is 3.21. The van der Waals surface area contributed by atoms with E-state index >= 15 is 0 Å². The zero-order chi connectivity index (χ0) is 20.5. The number of aliphatic hydroxyl groups excluding tert-OH is 1. The highest BCUT2D eigenvalue weighted by Crippen LogP contribution is 2.33. The first-order chi connectivity index (χ1) is 13.9. The second-order valence-corrected chi connectivity index (χ2v) is 7.34. The van der Waals surface area contributed by atoms with Crippen LogP contribution in [0.25, 0.3) is 22.2 Å². The molecule has 0 unspecified atom stereocenters. The molecule has 0 saturated carbocycles. The van der Waals surface area contributed by atoms with Crippen molar-refractivity contribution >= 4 is 22.7 Å². The van der Waals surface area contributed by atoms with E-state index in [0.29, 0.717) is 6.42 Å². The lowest BCUT2D eigenvalue weighted by Crippen LogP contribution is -2.45. The van der Waals surface area contributed by atoms with Crippen LogP contribution in [-0.4, -0.2) is 40.6 Å². The highest BCUT2D eigenvalue weighted by atomic mass is 19.1. The van der Waals surface area contributed by atoms with Gasteiger partial charge in [-0.15, -0.1) is 0 Å². The normalized spacial score (nSPS) is 18.8. The molecule has 4 N–H and O–H groups in total. The van der Waals surface area contributed by atoms with Gasteiger partial charge in [0, 0.05) is 35.1 Å². The number of fused-ring (bicyclic) bond motifs is 1. The molecule has 4 rings (SSSR count). The predicted molar refractivity (Wildman–Crippen MR) is 108 cm³/mol. The highest BCUT2D eigenvalue weighted by molar-refractivity contribution is 5.93. The van der Waals surface area contributed by atoms with Crippen LogP contribution >= 0.6 is 0 Å². The smallest absolute Gasteiger partial charge is 0.245 e. The number of rotatable bonds is 5. The number of nitrogens with one attached hydrogen (secondary N) is 3. The second kappa shape index (κ2) is 7.67. The van der Waals surface area contributed by atoms with Crippen molar-refractivity contribution in [2.75, 3.05) is 6.54 Å². The van der Waals surface area contributed by atoms with Crippen LogP contribution in [0.4, 0.5) is 4.39 Å². The molecule has 2 aromatic carbocycles. The molecule has 7 heteroatoms. The fourth-order valence-electron chi connectivity index (χ4n) is 3.85. The van der Waals surface area contributed by atoms with Gasteiger partial charge in [-0.3, -0.25) is 9.59 Å². The molecule has 1 aliphatic heterocycles. The van der Waals surface area contributed by atoms with E-state index in [2.05, 4.69) is 15.6 Å². The van der Waals surface area contributed by atoms with Crippen molar-refractivity contribution in [2.24, 2.45) is 0 Å². The summed E-state index contributed by atoms with van der Waals surface area (Å²) < 4.78 is 13.6. The summed E-state index contributed by atoms with van der Waals surface area (Å²) in [5.74, 6) is -0.976. The number of aromatic nitrogens is 1. The summed E-state index contributed by atoms with van der Waals surface area (Å²) >= 11 is 0. The van der Waals surface area contributed by atoms with Gasteiger partial charge in [0.15, 0.2) is 0 Å². The second-order valence-electron chi connectivity index (χ2n) is 7.34. The van der Waals surface area contributed by atoms with Crippen molar-refractivity contribution in [3.63, 3.8) is 0 Å². The molecular formula is C22H22FN3O3. The Morgan fingerprint density at radius 3 is 2.79 bits per heavy atom. The molecule has 1 fully saturated rings. The van der Waals surface area contributed by atoms with Crippen molar-refractivity contribution in [1.82, 2.24) is 15.6 Å². The number of halogens is 1. The van der Waals surface area contributed by atoms with Gasteiger partial charge in [-0.2, -0.15) is 0 Å². The number of carbonyl (C=O) groups excluding carboxylic acids is 2. The Labute approximate surface area is 167 Å². The summed E-state index contributed by atoms with van der Waals surface area (Å²) in [7, 11) is 0. The SMILES string of the molecule is Cc1cc(F)ccc1-c1[nH]c2ccccc2c1CCC(=O)N[C@@H]1C(=O)NC[C@H]1O. The minimum Gasteiger partial charge on any atom is -0.389 e. The molecule has 0 bridgehead atoms. The molecule has 0 spiro atoms. The summed E-state index contributed by atoms with van der Waals surface area (Å²) in [5, 5.41) is 15.9. The van der Waals surface area contributed by atoms with Crippen LogP contribution in [0.5, 0.6) is 0 Å². The van der Waals surface area contributed by atoms with Gasteiger partial charge in [-0.05, 0) is 48.7 Å². The van der Waals surface area contributed by atoms with Crippen LogP contribution in [0.15, 0.2) is 42.5 Å². The number of H-pyrrole nitrogens is 1. The van der Waals surface area contributed by atoms with Gasteiger partial charge in [-0.1, -0.05) is 18.2 Å². The molecule has 2 atom stereocenters. The topological polar surface area (TPSA) is 94.2 Å². The summed E-state index contributed by atoms with van der Waals surface area (Å²) in [6.45, 7) is 1.99. The number of amides is 2. The summed E-state index contributed by atoms with van der Waals surface area (Å²) in [6, 6.07) is 11.5. The lowest BCUT2D eigenvalue weighted by Gasteiger charge is -2.14. The molecule has 6 nitrogen and oxygen atoms in total. The lowest BCUT2D eigenvalue weighted by molar-refractivity contribution is -0.128. The van der Waals surface area contributed by atoms with Crippen molar-refractivity contribution < 1.29 is 19.1 Å². The third-order valence-electron chi connectivity index (χ3n) is 5.34. The van der Waals surface area contributed by atoms with Gasteiger partial charge < -0.3 is 20.7 Å². The fraction of sp³-hybridized carbons (Fsp3) is 0.273. The van der Waals surface area contributed by atoms with Gasteiger partial charge in [0.1, 0.15) is 18.0 Å². The van der Waals surface area contributed by atoms with E-state index in [1.165, 1.54) is 12.1 Å². The van der Waals surface area contributed by atoms with E-state index in [4.69, 9.17) is 0 Å². The molecular weight excluding hydrogens is 373 g/mol. The predicted octanol–water partition coefficient (Wildman–Crippen LogP) is 2.19. The fourth-order valence-corrected chi connectivity index (χ4v) is 3.85. The van der Waals surface area contributed by atoms with Crippen LogP contribution in [0.2, 0.25) is 0 Å². The average molecular weight is 395 g/mol. The first kappa shape index (κ1) is 19.1. The third kappa shape index (κ3) is 3.73. The van der Waals surface area contributed by atoms with Crippen molar-refractivity contribution in [1.29, 1.82) is 0 Å². The monoisotopic (exact) mass is 395 g/mol. The van der Waals surface area contributed by atoms with E-state index in [1.807, 2.05) is 31.2 Å². The number of carbonyl (C=O) groups is 2. The zero-order valence-electron chi connectivity index (χ0n) is 16.0. The Kier molecular flexibility index (Phi) is 5.07. The number of aryl methyl sites for hydroxylation is 2. The Balaban J connectivity index is 1.61.